The van der Waals surface area contributed by atoms with Crippen molar-refractivity contribution in [3.8, 4) is 5.75 Å². The number of halogens is 6. The lowest BCUT2D eigenvalue weighted by Crippen LogP contribution is -2.21. The van der Waals surface area contributed by atoms with Crippen molar-refractivity contribution in [3.05, 3.63) is 47.0 Å². The maximum Gasteiger partial charge on any atom is 0.417 e. The third-order valence-corrected chi connectivity index (χ3v) is 4.93. The average molecular weight is 458 g/mol. The van der Waals surface area contributed by atoms with E-state index >= 15 is 0 Å². The number of amides is 1. The normalized spacial score (nSPS) is 14.2. The summed E-state index contributed by atoms with van der Waals surface area (Å²) in [6.07, 6.45) is -3.19. The van der Waals surface area contributed by atoms with Crippen LogP contribution in [0.5, 0.6) is 5.75 Å². The SMILES string of the molecule is Cc1nn(CC(=O)Nc2ccc(F)cc2OC(F)F)c2nc(C3CC3)cc(C(F)(F)F)c12. The largest absolute Gasteiger partial charge is 0.432 e. The van der Waals surface area contributed by atoms with Gasteiger partial charge in [-0.05, 0) is 38.0 Å². The molecule has 1 N–H and O–H groups in total. The summed E-state index contributed by atoms with van der Waals surface area (Å²) >= 11 is 0. The molecule has 0 saturated heterocycles. The molecule has 12 heteroatoms. The number of nitrogens with one attached hydrogen (secondary N) is 1. The summed E-state index contributed by atoms with van der Waals surface area (Å²) in [5.41, 5.74) is -0.888. The van der Waals surface area contributed by atoms with Crippen LogP contribution in [0.2, 0.25) is 0 Å². The second-order valence-corrected chi connectivity index (χ2v) is 7.38. The fourth-order valence-corrected chi connectivity index (χ4v) is 3.41. The molecule has 0 bridgehead atoms. The molecule has 1 aromatic carbocycles. The number of carbonyl (C=O) groups is 1. The first-order valence-electron chi connectivity index (χ1n) is 9.52. The molecule has 170 valence electrons. The minimum atomic E-state index is -4.64. The van der Waals surface area contributed by atoms with E-state index in [0.717, 1.165) is 35.7 Å². The molecule has 0 spiro atoms. The lowest BCUT2D eigenvalue weighted by molar-refractivity contribution is -0.136. The number of hydrogen-bond acceptors (Lipinski definition) is 4. The number of ether oxygens (including phenoxy) is 1. The van der Waals surface area contributed by atoms with Crippen molar-refractivity contribution in [1.82, 2.24) is 14.8 Å². The van der Waals surface area contributed by atoms with Crippen LogP contribution in [-0.2, 0) is 17.5 Å². The van der Waals surface area contributed by atoms with E-state index in [0.29, 0.717) is 6.07 Å². The van der Waals surface area contributed by atoms with E-state index in [2.05, 4.69) is 20.1 Å². The second-order valence-electron chi connectivity index (χ2n) is 7.38. The molecule has 0 unspecified atom stereocenters. The number of benzene rings is 1. The van der Waals surface area contributed by atoms with Crippen LogP contribution in [-0.4, -0.2) is 27.3 Å². The maximum absolute atomic E-state index is 13.7. The van der Waals surface area contributed by atoms with Crippen LogP contribution in [0.15, 0.2) is 24.3 Å². The van der Waals surface area contributed by atoms with Crippen molar-refractivity contribution in [3.63, 3.8) is 0 Å². The molecule has 6 nitrogen and oxygen atoms in total. The summed E-state index contributed by atoms with van der Waals surface area (Å²) < 4.78 is 84.7. The topological polar surface area (TPSA) is 69.0 Å². The Morgan fingerprint density at radius 3 is 2.62 bits per heavy atom. The van der Waals surface area contributed by atoms with E-state index in [1.54, 1.807) is 0 Å². The van der Waals surface area contributed by atoms with E-state index in [1.807, 2.05) is 0 Å². The Bertz CT molecular complexity index is 1190. The number of carbonyl (C=O) groups excluding carboxylic acids is 1. The number of anilines is 1. The van der Waals surface area contributed by atoms with Gasteiger partial charge in [0.25, 0.3) is 0 Å². The van der Waals surface area contributed by atoms with Gasteiger partial charge in [-0.1, -0.05) is 0 Å². The molecule has 3 aromatic rings. The maximum atomic E-state index is 13.7. The third-order valence-electron chi connectivity index (χ3n) is 4.93. The summed E-state index contributed by atoms with van der Waals surface area (Å²) in [6.45, 7) is -2.43. The number of aromatic nitrogens is 3. The van der Waals surface area contributed by atoms with Crippen LogP contribution in [0.3, 0.4) is 0 Å². The van der Waals surface area contributed by atoms with Gasteiger partial charge in [-0.15, -0.1) is 0 Å². The summed E-state index contributed by atoms with van der Waals surface area (Å²) in [5, 5.41) is 6.11. The Morgan fingerprint density at radius 1 is 1.28 bits per heavy atom. The Morgan fingerprint density at radius 2 is 2.00 bits per heavy atom. The lowest BCUT2D eigenvalue weighted by atomic mass is 10.1. The van der Waals surface area contributed by atoms with Gasteiger partial charge in [0.2, 0.25) is 5.91 Å². The van der Waals surface area contributed by atoms with Crippen LogP contribution >= 0.6 is 0 Å². The zero-order valence-corrected chi connectivity index (χ0v) is 16.5. The molecule has 1 saturated carbocycles. The van der Waals surface area contributed by atoms with E-state index < -0.39 is 42.4 Å². The van der Waals surface area contributed by atoms with Crippen molar-refractivity contribution in [2.75, 3.05) is 5.32 Å². The van der Waals surface area contributed by atoms with Gasteiger partial charge in [-0.2, -0.15) is 27.1 Å². The lowest BCUT2D eigenvalue weighted by Gasteiger charge is -2.13. The molecule has 0 radical (unpaired) electrons. The van der Waals surface area contributed by atoms with Crippen LogP contribution in [0.4, 0.5) is 32.0 Å². The Balaban J connectivity index is 1.67. The van der Waals surface area contributed by atoms with E-state index in [4.69, 9.17) is 0 Å². The highest BCUT2D eigenvalue weighted by molar-refractivity contribution is 5.93. The highest BCUT2D eigenvalue weighted by Gasteiger charge is 2.37. The molecule has 1 aliphatic carbocycles. The van der Waals surface area contributed by atoms with Crippen molar-refractivity contribution >= 4 is 22.6 Å². The summed E-state index contributed by atoms with van der Waals surface area (Å²) in [7, 11) is 0. The molecule has 4 rings (SSSR count). The Kier molecular flexibility index (Phi) is 5.47. The van der Waals surface area contributed by atoms with E-state index in [9.17, 15) is 31.1 Å². The molecule has 0 atom stereocenters. The first-order chi connectivity index (χ1) is 15.0. The minimum Gasteiger partial charge on any atom is -0.432 e. The predicted molar refractivity (Wildman–Crippen MR) is 101 cm³/mol. The van der Waals surface area contributed by atoms with Gasteiger partial charge in [0.05, 0.1) is 22.3 Å². The second kappa shape index (κ2) is 7.99. The fraction of sp³-hybridized carbons (Fsp3) is 0.350. The summed E-state index contributed by atoms with van der Waals surface area (Å²) in [4.78, 5) is 16.8. The molecular weight excluding hydrogens is 442 g/mol. The molecule has 2 heterocycles. The van der Waals surface area contributed by atoms with Gasteiger partial charge in [0.15, 0.2) is 11.4 Å². The number of alkyl halides is 5. The number of fused-ring (bicyclic) bond motifs is 1. The standard InChI is InChI=1S/C20H16F6N4O2/c1-9-17-12(20(24,25)26)7-14(10-2-3-10)28-18(17)30(29-9)8-16(31)27-13-5-4-11(21)6-15(13)32-19(22)23/h4-7,10,19H,2-3,8H2,1H3,(H,27,31). The van der Waals surface area contributed by atoms with E-state index in [1.165, 1.54) is 6.92 Å². The zero-order valence-electron chi connectivity index (χ0n) is 16.5. The van der Waals surface area contributed by atoms with E-state index in [-0.39, 0.29) is 34.0 Å². The molecular formula is C20H16F6N4O2. The highest BCUT2D eigenvalue weighted by atomic mass is 19.4. The van der Waals surface area contributed by atoms with Gasteiger partial charge in [-0.3, -0.25) is 4.79 Å². The average Bonchev–Trinajstić information content (AvgIpc) is 3.48. The van der Waals surface area contributed by atoms with Crippen LogP contribution in [0.1, 0.15) is 35.7 Å². The quantitative estimate of drug-likeness (QED) is 0.527. The highest BCUT2D eigenvalue weighted by Crippen LogP contribution is 2.43. The monoisotopic (exact) mass is 458 g/mol. The minimum absolute atomic E-state index is 0.0403. The zero-order chi connectivity index (χ0) is 23.2. The van der Waals surface area contributed by atoms with Gasteiger partial charge in [-0.25, -0.2) is 14.1 Å². The first kappa shape index (κ1) is 21.9. The molecule has 1 aliphatic rings. The number of hydrogen-bond donors (Lipinski definition) is 1. The predicted octanol–water partition coefficient (Wildman–Crippen LogP) is 5.02. The summed E-state index contributed by atoms with van der Waals surface area (Å²) in [5.74, 6) is -2.33. The van der Waals surface area contributed by atoms with Gasteiger partial charge in [0.1, 0.15) is 12.4 Å². The van der Waals surface area contributed by atoms with Gasteiger partial charge >= 0.3 is 12.8 Å². The number of nitrogens with zero attached hydrogens (tertiary/aromatic N) is 3. The Labute approximate surface area is 177 Å². The number of rotatable bonds is 6. The first-order valence-corrected chi connectivity index (χ1v) is 9.52. The molecule has 2 aromatic heterocycles. The van der Waals surface area contributed by atoms with Gasteiger partial charge in [0, 0.05) is 17.7 Å². The van der Waals surface area contributed by atoms with Crippen LogP contribution < -0.4 is 10.1 Å². The smallest absolute Gasteiger partial charge is 0.417 e. The molecule has 1 fully saturated rings. The van der Waals surface area contributed by atoms with Crippen LogP contribution in [0, 0.1) is 12.7 Å². The summed E-state index contributed by atoms with van der Waals surface area (Å²) in [6, 6.07) is 3.66. The molecule has 32 heavy (non-hydrogen) atoms. The van der Waals surface area contributed by atoms with Crippen molar-refractivity contribution in [1.29, 1.82) is 0 Å². The Hall–Kier alpha value is -3.31. The fourth-order valence-electron chi connectivity index (χ4n) is 3.41. The van der Waals surface area contributed by atoms with Crippen molar-refractivity contribution in [2.45, 2.75) is 45.0 Å². The van der Waals surface area contributed by atoms with Gasteiger partial charge < -0.3 is 10.1 Å². The molecule has 1 amide bonds. The van der Waals surface area contributed by atoms with Crippen molar-refractivity contribution < 1.29 is 35.9 Å². The van der Waals surface area contributed by atoms with Crippen molar-refractivity contribution in [2.24, 2.45) is 0 Å². The molecule has 0 aliphatic heterocycles. The van der Waals surface area contributed by atoms with Crippen LogP contribution in [0.25, 0.3) is 11.0 Å². The number of pyridine rings is 1. The number of aryl methyl sites for hydroxylation is 1. The third kappa shape index (κ3) is 4.48.